The molecule has 3 N–H and O–H groups in total. The predicted molar refractivity (Wildman–Crippen MR) is 102 cm³/mol. The number of halogens is 6. The molecular formula is C17H20F6N4O5S. The Balaban J connectivity index is 0.000000324. The molecule has 0 fully saturated rings. The zero-order valence-corrected chi connectivity index (χ0v) is 18.0. The number of carbonyl (C=O) groups is 2. The summed E-state index contributed by atoms with van der Waals surface area (Å²) in [4.78, 5) is 26.6. The monoisotopic (exact) mass is 506 g/mol. The van der Waals surface area contributed by atoms with Crippen LogP contribution in [0.3, 0.4) is 0 Å². The topological polar surface area (TPSA) is 127 Å². The molecule has 1 atom stereocenters. The van der Waals surface area contributed by atoms with Crippen molar-refractivity contribution < 1.29 is 50.9 Å². The molecule has 16 heteroatoms. The number of carboxylic acid groups (broad SMARTS) is 2. The second-order valence-electron chi connectivity index (χ2n) is 6.49. The minimum atomic E-state index is -5.08. The van der Waals surface area contributed by atoms with Crippen LogP contribution in [0.1, 0.15) is 28.0 Å². The number of nitrogens with one attached hydrogen (secondary N) is 1. The van der Waals surface area contributed by atoms with Crippen LogP contribution in [0.5, 0.6) is 0 Å². The van der Waals surface area contributed by atoms with Gasteiger partial charge in [0, 0.05) is 37.1 Å². The summed E-state index contributed by atoms with van der Waals surface area (Å²) in [7, 11) is 2.05. The highest BCUT2D eigenvalue weighted by atomic mass is 32.1. The molecule has 0 spiro atoms. The van der Waals surface area contributed by atoms with Crippen LogP contribution >= 0.6 is 11.3 Å². The largest absolute Gasteiger partial charge is 0.490 e. The zero-order valence-electron chi connectivity index (χ0n) is 17.2. The fourth-order valence-electron chi connectivity index (χ4n) is 2.53. The third-order valence-electron chi connectivity index (χ3n) is 3.85. The average molecular weight is 506 g/mol. The highest BCUT2D eigenvalue weighted by Gasteiger charge is 2.38. The molecule has 2 aromatic heterocycles. The van der Waals surface area contributed by atoms with E-state index in [-0.39, 0.29) is 0 Å². The zero-order chi connectivity index (χ0) is 25.4. The molecule has 2 aromatic rings. The first-order valence-electron chi connectivity index (χ1n) is 8.92. The lowest BCUT2D eigenvalue weighted by molar-refractivity contribution is -0.193. The molecular weight excluding hydrogens is 486 g/mol. The molecule has 0 amide bonds. The number of aryl methyl sites for hydroxylation is 2. The Morgan fingerprint density at radius 2 is 1.76 bits per heavy atom. The molecule has 1 aliphatic heterocycles. The highest BCUT2D eigenvalue weighted by molar-refractivity contribution is 7.09. The van der Waals surface area contributed by atoms with Crippen molar-refractivity contribution in [3.63, 3.8) is 0 Å². The molecule has 0 aromatic carbocycles. The van der Waals surface area contributed by atoms with Crippen molar-refractivity contribution in [2.75, 3.05) is 13.2 Å². The summed E-state index contributed by atoms with van der Waals surface area (Å²) < 4.78 is 71.4. The van der Waals surface area contributed by atoms with E-state index >= 15 is 0 Å². The van der Waals surface area contributed by atoms with Crippen LogP contribution < -0.4 is 5.32 Å². The van der Waals surface area contributed by atoms with Gasteiger partial charge in [0.1, 0.15) is 0 Å². The summed E-state index contributed by atoms with van der Waals surface area (Å²) in [5.41, 5.74) is 3.47. The van der Waals surface area contributed by atoms with Gasteiger partial charge < -0.3 is 24.8 Å². The van der Waals surface area contributed by atoms with Crippen molar-refractivity contribution in [1.82, 2.24) is 19.9 Å². The van der Waals surface area contributed by atoms with Crippen molar-refractivity contribution in [3.05, 3.63) is 33.8 Å². The SMILES string of the molecule is Cc1nc(COCC2CNCc3ncn(C)c32)cs1.O=C(O)C(F)(F)F.O=C(O)C(F)(F)F. The summed E-state index contributed by atoms with van der Waals surface area (Å²) in [6, 6.07) is 0. The van der Waals surface area contributed by atoms with Gasteiger partial charge in [-0.25, -0.2) is 19.6 Å². The number of aromatic nitrogens is 3. The first-order valence-corrected chi connectivity index (χ1v) is 9.80. The van der Waals surface area contributed by atoms with Gasteiger partial charge in [-0.15, -0.1) is 11.3 Å². The van der Waals surface area contributed by atoms with E-state index in [1.807, 2.05) is 20.3 Å². The molecule has 1 aliphatic rings. The lowest BCUT2D eigenvalue weighted by Gasteiger charge is -2.24. The number of ether oxygens (including phenoxy) is 1. The summed E-state index contributed by atoms with van der Waals surface area (Å²) in [6.45, 7) is 5.12. The molecule has 3 rings (SSSR count). The van der Waals surface area contributed by atoms with Crippen LogP contribution in [0.25, 0.3) is 0 Å². The summed E-state index contributed by atoms with van der Waals surface area (Å²) in [6.07, 6.45) is -8.28. The standard InChI is InChI=1S/C13H18N4OS.2C2HF3O2/c1-9-16-11(7-19-9)6-18-5-10-3-14-4-12-13(10)17(2)8-15-12;2*3-2(4,5)1(6)7/h7-8,10,14H,3-6H2,1-2H3;2*(H,6,7). The fraction of sp³-hybridized carbons (Fsp3) is 0.529. The van der Waals surface area contributed by atoms with Gasteiger partial charge in [-0.05, 0) is 6.92 Å². The molecule has 0 saturated heterocycles. The van der Waals surface area contributed by atoms with Crippen molar-refractivity contribution in [2.45, 2.75) is 38.3 Å². The number of alkyl halides is 6. The quantitative estimate of drug-likeness (QED) is 0.541. The number of hydrogen-bond donors (Lipinski definition) is 3. The first kappa shape index (κ1) is 28.3. The maximum absolute atomic E-state index is 10.6. The van der Waals surface area contributed by atoms with E-state index in [2.05, 4.69) is 25.2 Å². The summed E-state index contributed by atoms with van der Waals surface area (Å²) in [5.74, 6) is -5.14. The van der Waals surface area contributed by atoms with Gasteiger partial charge in [0.05, 0.1) is 35.9 Å². The van der Waals surface area contributed by atoms with E-state index in [4.69, 9.17) is 24.5 Å². The molecule has 0 radical (unpaired) electrons. The maximum atomic E-state index is 10.6. The minimum absolute atomic E-state index is 0.371. The number of rotatable bonds is 4. The molecule has 9 nitrogen and oxygen atoms in total. The van der Waals surface area contributed by atoms with Crippen molar-refractivity contribution in [1.29, 1.82) is 0 Å². The Hall–Kier alpha value is -2.72. The average Bonchev–Trinajstić information content (AvgIpc) is 3.27. The summed E-state index contributed by atoms with van der Waals surface area (Å²) >= 11 is 1.67. The summed E-state index contributed by atoms with van der Waals surface area (Å²) in [5, 5.41) is 20.8. The van der Waals surface area contributed by atoms with Crippen LogP contribution in [0.2, 0.25) is 0 Å². The number of hydrogen-bond acceptors (Lipinski definition) is 7. The van der Waals surface area contributed by atoms with Gasteiger partial charge in [0.15, 0.2) is 0 Å². The number of imidazole rings is 1. The van der Waals surface area contributed by atoms with E-state index in [0.29, 0.717) is 19.1 Å². The van der Waals surface area contributed by atoms with Crippen LogP contribution in [0.15, 0.2) is 11.7 Å². The Bertz CT molecular complexity index is 904. The van der Waals surface area contributed by atoms with E-state index < -0.39 is 24.3 Å². The van der Waals surface area contributed by atoms with Crippen LogP contribution in [-0.4, -0.2) is 62.2 Å². The minimum Gasteiger partial charge on any atom is -0.475 e. The molecule has 0 aliphatic carbocycles. The smallest absolute Gasteiger partial charge is 0.475 e. The Labute approximate surface area is 187 Å². The molecule has 3 heterocycles. The van der Waals surface area contributed by atoms with Gasteiger partial charge in [0.2, 0.25) is 0 Å². The van der Waals surface area contributed by atoms with Crippen molar-refractivity contribution in [3.8, 4) is 0 Å². The molecule has 33 heavy (non-hydrogen) atoms. The van der Waals surface area contributed by atoms with Crippen LogP contribution in [-0.2, 0) is 34.5 Å². The number of fused-ring (bicyclic) bond motifs is 1. The number of carboxylic acids is 2. The normalized spacial score (nSPS) is 15.5. The Morgan fingerprint density at radius 3 is 2.21 bits per heavy atom. The molecule has 0 bridgehead atoms. The lowest BCUT2D eigenvalue weighted by atomic mass is 10.0. The number of aliphatic carboxylic acids is 2. The Kier molecular flexibility index (Phi) is 10.2. The number of nitrogens with zero attached hydrogens (tertiary/aromatic N) is 3. The lowest BCUT2D eigenvalue weighted by Crippen LogP contribution is -2.31. The second-order valence-corrected chi connectivity index (χ2v) is 7.56. The molecule has 1 unspecified atom stereocenters. The molecule has 186 valence electrons. The van der Waals surface area contributed by atoms with Crippen LogP contribution in [0, 0.1) is 6.92 Å². The maximum Gasteiger partial charge on any atom is 0.490 e. The third-order valence-corrected chi connectivity index (χ3v) is 4.68. The van der Waals surface area contributed by atoms with Crippen molar-refractivity contribution >= 4 is 23.3 Å². The van der Waals surface area contributed by atoms with Gasteiger partial charge in [-0.1, -0.05) is 0 Å². The molecule has 0 saturated carbocycles. The van der Waals surface area contributed by atoms with E-state index in [0.717, 1.165) is 29.5 Å². The number of thiazole rings is 1. The van der Waals surface area contributed by atoms with E-state index in [1.165, 1.54) is 5.69 Å². The predicted octanol–water partition coefficient (Wildman–Crippen LogP) is 2.86. The highest BCUT2D eigenvalue weighted by Crippen LogP contribution is 2.23. The van der Waals surface area contributed by atoms with Gasteiger partial charge in [-0.2, -0.15) is 26.3 Å². The van der Waals surface area contributed by atoms with Gasteiger partial charge in [0.25, 0.3) is 0 Å². The first-order chi connectivity index (χ1) is 15.1. The van der Waals surface area contributed by atoms with Gasteiger partial charge in [-0.3, -0.25) is 0 Å². The second kappa shape index (κ2) is 11.9. The van der Waals surface area contributed by atoms with E-state index in [1.54, 1.807) is 11.3 Å². The van der Waals surface area contributed by atoms with E-state index in [9.17, 15) is 26.3 Å². The van der Waals surface area contributed by atoms with Crippen LogP contribution in [0.4, 0.5) is 26.3 Å². The third kappa shape index (κ3) is 9.75. The van der Waals surface area contributed by atoms with Crippen molar-refractivity contribution in [2.24, 2.45) is 7.05 Å². The fourth-order valence-corrected chi connectivity index (χ4v) is 3.12. The van der Waals surface area contributed by atoms with Gasteiger partial charge >= 0.3 is 24.3 Å². The Morgan fingerprint density at radius 1 is 1.21 bits per heavy atom.